The lowest BCUT2D eigenvalue weighted by atomic mass is 9.83. The Morgan fingerprint density at radius 3 is 2.85 bits per heavy atom. The average Bonchev–Trinajstić information content (AvgIpc) is 2.92. The number of cyclic esters (lactones) is 1. The molecule has 0 spiro atoms. The van der Waals surface area contributed by atoms with Gasteiger partial charge in [-0.25, -0.2) is 4.79 Å². The molecule has 0 N–H and O–H groups in total. The van der Waals surface area contributed by atoms with Crippen LogP contribution in [-0.2, 0) is 20.7 Å². The van der Waals surface area contributed by atoms with Crippen molar-refractivity contribution >= 4 is 11.8 Å². The molecule has 1 aromatic carbocycles. The van der Waals surface area contributed by atoms with E-state index in [1.54, 1.807) is 0 Å². The van der Waals surface area contributed by atoms with Gasteiger partial charge in [-0.1, -0.05) is 30.3 Å². The van der Waals surface area contributed by atoms with Crippen LogP contribution in [0.2, 0.25) is 0 Å². The van der Waals surface area contributed by atoms with Gasteiger partial charge in [0, 0.05) is 19.0 Å². The number of rotatable bonds is 3. The number of morpholine rings is 1. The first-order valence-corrected chi connectivity index (χ1v) is 7.13. The Labute approximate surface area is 118 Å². The molecule has 0 aromatic heterocycles. The molecule has 3 rings (SSSR count). The van der Waals surface area contributed by atoms with Crippen molar-refractivity contribution in [2.45, 2.75) is 37.8 Å². The zero-order chi connectivity index (χ0) is 14.2. The molecular formula is C16H19NO3. The van der Waals surface area contributed by atoms with Gasteiger partial charge in [0.15, 0.2) is 11.3 Å². The van der Waals surface area contributed by atoms with E-state index in [2.05, 4.69) is 4.90 Å². The van der Waals surface area contributed by atoms with Crippen LogP contribution >= 0.6 is 0 Å². The van der Waals surface area contributed by atoms with E-state index in [1.165, 1.54) is 6.92 Å². The van der Waals surface area contributed by atoms with Crippen molar-refractivity contribution < 1.29 is 14.3 Å². The molecule has 2 saturated heterocycles. The number of benzene rings is 1. The first-order chi connectivity index (χ1) is 9.64. The summed E-state index contributed by atoms with van der Waals surface area (Å²) in [4.78, 5) is 26.8. The van der Waals surface area contributed by atoms with Gasteiger partial charge >= 0.3 is 5.97 Å². The number of Topliss-reactive ketones (excluding diaryl/α,β-unsaturated/α-hetero) is 1. The van der Waals surface area contributed by atoms with E-state index in [9.17, 15) is 9.59 Å². The lowest BCUT2D eigenvalue weighted by Crippen LogP contribution is -2.66. The Kier molecular flexibility index (Phi) is 3.34. The molecule has 2 fully saturated rings. The van der Waals surface area contributed by atoms with Crippen molar-refractivity contribution in [2.24, 2.45) is 0 Å². The van der Waals surface area contributed by atoms with Crippen molar-refractivity contribution in [3.63, 3.8) is 0 Å². The third kappa shape index (κ3) is 1.95. The maximum absolute atomic E-state index is 12.4. The summed E-state index contributed by atoms with van der Waals surface area (Å²) in [6.07, 6.45) is 2.42. The van der Waals surface area contributed by atoms with Crippen LogP contribution in [0.5, 0.6) is 0 Å². The number of ketones is 1. The van der Waals surface area contributed by atoms with Crippen LogP contribution in [0.3, 0.4) is 0 Å². The Hall–Kier alpha value is -1.68. The molecule has 0 radical (unpaired) electrons. The molecule has 2 atom stereocenters. The lowest BCUT2D eigenvalue weighted by Gasteiger charge is -2.44. The highest BCUT2D eigenvalue weighted by molar-refractivity contribution is 6.08. The first kappa shape index (κ1) is 13.3. The number of hydrogen-bond donors (Lipinski definition) is 0. The molecule has 2 heterocycles. The molecule has 4 heteroatoms. The molecule has 0 unspecified atom stereocenters. The van der Waals surface area contributed by atoms with Crippen LogP contribution in [0.25, 0.3) is 0 Å². The molecule has 0 bridgehead atoms. The van der Waals surface area contributed by atoms with E-state index in [4.69, 9.17) is 4.74 Å². The van der Waals surface area contributed by atoms with Crippen molar-refractivity contribution in [3.05, 3.63) is 35.9 Å². The second-order valence-corrected chi connectivity index (χ2v) is 5.67. The molecule has 0 saturated carbocycles. The van der Waals surface area contributed by atoms with Gasteiger partial charge in [0.1, 0.15) is 6.61 Å². The number of nitrogens with zero attached hydrogens (tertiary/aromatic N) is 1. The quantitative estimate of drug-likeness (QED) is 0.619. The molecule has 2 aliphatic heterocycles. The lowest BCUT2D eigenvalue weighted by molar-refractivity contribution is -0.175. The van der Waals surface area contributed by atoms with E-state index in [-0.39, 0.29) is 17.8 Å². The number of ether oxygens (including phenoxy) is 1. The van der Waals surface area contributed by atoms with E-state index >= 15 is 0 Å². The SMILES string of the molecule is CC(=O)[C@]1(Cc2ccccc2)C(=O)OC[C@@H]2CCCN21. The molecule has 2 aliphatic rings. The Morgan fingerprint density at radius 2 is 2.15 bits per heavy atom. The molecular weight excluding hydrogens is 254 g/mol. The van der Waals surface area contributed by atoms with Gasteiger partial charge in [-0.15, -0.1) is 0 Å². The summed E-state index contributed by atoms with van der Waals surface area (Å²) < 4.78 is 5.34. The third-order valence-electron chi connectivity index (χ3n) is 4.50. The fourth-order valence-corrected chi connectivity index (χ4v) is 3.46. The molecule has 0 aliphatic carbocycles. The largest absolute Gasteiger partial charge is 0.462 e. The van der Waals surface area contributed by atoms with E-state index in [0.717, 1.165) is 24.9 Å². The fourth-order valence-electron chi connectivity index (χ4n) is 3.46. The molecule has 4 nitrogen and oxygen atoms in total. The van der Waals surface area contributed by atoms with Crippen LogP contribution in [-0.4, -0.2) is 41.4 Å². The summed E-state index contributed by atoms with van der Waals surface area (Å²) >= 11 is 0. The van der Waals surface area contributed by atoms with Gasteiger partial charge in [-0.05, 0) is 25.3 Å². The van der Waals surface area contributed by atoms with Gasteiger partial charge in [0.25, 0.3) is 0 Å². The Bertz CT molecular complexity index is 528. The van der Waals surface area contributed by atoms with Gasteiger partial charge in [0.05, 0.1) is 0 Å². The Morgan fingerprint density at radius 1 is 1.40 bits per heavy atom. The number of hydrogen-bond acceptors (Lipinski definition) is 4. The van der Waals surface area contributed by atoms with E-state index < -0.39 is 5.54 Å². The molecule has 0 amide bonds. The summed E-state index contributed by atoms with van der Waals surface area (Å²) in [5, 5.41) is 0. The van der Waals surface area contributed by atoms with Crippen LogP contribution in [0, 0.1) is 0 Å². The highest BCUT2D eigenvalue weighted by Gasteiger charge is 2.56. The number of carbonyl (C=O) groups excluding carboxylic acids is 2. The van der Waals surface area contributed by atoms with Crippen LogP contribution in [0.15, 0.2) is 30.3 Å². The van der Waals surface area contributed by atoms with Crippen molar-refractivity contribution in [1.29, 1.82) is 0 Å². The Balaban J connectivity index is 2.01. The maximum Gasteiger partial charge on any atom is 0.334 e. The summed E-state index contributed by atoms with van der Waals surface area (Å²) in [7, 11) is 0. The van der Waals surface area contributed by atoms with Gasteiger partial charge in [-0.3, -0.25) is 9.69 Å². The predicted molar refractivity (Wildman–Crippen MR) is 74.2 cm³/mol. The van der Waals surface area contributed by atoms with Crippen LogP contribution < -0.4 is 0 Å². The second-order valence-electron chi connectivity index (χ2n) is 5.67. The maximum atomic E-state index is 12.4. The van der Waals surface area contributed by atoms with Crippen molar-refractivity contribution in [2.75, 3.05) is 13.2 Å². The van der Waals surface area contributed by atoms with Crippen LogP contribution in [0.4, 0.5) is 0 Å². The third-order valence-corrected chi connectivity index (χ3v) is 4.50. The smallest absolute Gasteiger partial charge is 0.334 e. The predicted octanol–water partition coefficient (Wildman–Crippen LogP) is 1.58. The number of carbonyl (C=O) groups is 2. The zero-order valence-corrected chi connectivity index (χ0v) is 11.7. The van der Waals surface area contributed by atoms with E-state index in [1.807, 2.05) is 30.3 Å². The van der Waals surface area contributed by atoms with Crippen LogP contribution in [0.1, 0.15) is 25.3 Å². The standard InChI is InChI=1S/C16H19NO3/c1-12(18)16(10-13-6-3-2-4-7-13)15(19)20-11-14-8-5-9-17(14)16/h2-4,6-7,14H,5,8-11H2,1H3/t14-,16+/m0/s1. The minimum atomic E-state index is -1.12. The minimum Gasteiger partial charge on any atom is -0.462 e. The fraction of sp³-hybridized carbons (Fsp3) is 0.500. The molecule has 106 valence electrons. The average molecular weight is 273 g/mol. The van der Waals surface area contributed by atoms with Crippen molar-refractivity contribution in [3.8, 4) is 0 Å². The second kappa shape index (κ2) is 5.02. The summed E-state index contributed by atoms with van der Waals surface area (Å²) in [5.41, 5.74) is -0.131. The normalized spacial score (nSPS) is 29.9. The summed E-state index contributed by atoms with van der Waals surface area (Å²) in [6, 6.07) is 9.90. The summed E-state index contributed by atoms with van der Waals surface area (Å²) in [5.74, 6) is -0.495. The summed E-state index contributed by atoms with van der Waals surface area (Å²) in [6.45, 7) is 2.72. The number of fused-ring (bicyclic) bond motifs is 1. The monoisotopic (exact) mass is 273 g/mol. The molecule has 1 aromatic rings. The van der Waals surface area contributed by atoms with E-state index in [0.29, 0.717) is 13.0 Å². The van der Waals surface area contributed by atoms with Crippen molar-refractivity contribution in [1.82, 2.24) is 4.90 Å². The van der Waals surface area contributed by atoms with Gasteiger partial charge in [-0.2, -0.15) is 0 Å². The topological polar surface area (TPSA) is 46.6 Å². The highest BCUT2D eigenvalue weighted by atomic mass is 16.5. The first-order valence-electron chi connectivity index (χ1n) is 7.13. The van der Waals surface area contributed by atoms with Gasteiger partial charge < -0.3 is 4.74 Å². The van der Waals surface area contributed by atoms with Gasteiger partial charge in [0.2, 0.25) is 0 Å². The zero-order valence-electron chi connectivity index (χ0n) is 11.7. The highest BCUT2D eigenvalue weighted by Crippen LogP contribution is 2.35. The number of esters is 1. The molecule has 20 heavy (non-hydrogen) atoms. The minimum absolute atomic E-state index is 0.113.